The van der Waals surface area contributed by atoms with Crippen molar-refractivity contribution in [2.75, 3.05) is 45.5 Å². The third-order valence-electron chi connectivity index (χ3n) is 3.70. The summed E-state index contributed by atoms with van der Waals surface area (Å²) in [5, 5.41) is 2.63. The number of hydrogen-bond donors (Lipinski definition) is 1. The maximum Gasteiger partial charge on any atom is 0.251 e. The summed E-state index contributed by atoms with van der Waals surface area (Å²) in [6.45, 7) is 2.94. The minimum absolute atomic E-state index is 0.0609. The highest BCUT2D eigenvalue weighted by Gasteiger charge is 2.23. The minimum atomic E-state index is -3.16. The molecule has 1 amide bonds. The Kier molecular flexibility index (Phi) is 5.66. The van der Waals surface area contributed by atoms with E-state index in [1.807, 2.05) is 4.90 Å². The topological polar surface area (TPSA) is 69.7 Å². The third kappa shape index (κ3) is 4.95. The second-order valence-corrected chi connectivity index (χ2v) is 7.37. The van der Waals surface area contributed by atoms with Crippen LogP contribution < -0.4 is 5.32 Å². The molecule has 128 valence electrons. The van der Waals surface area contributed by atoms with E-state index in [0.717, 1.165) is 12.1 Å². The van der Waals surface area contributed by atoms with E-state index >= 15 is 0 Å². The lowest BCUT2D eigenvalue weighted by molar-refractivity contribution is 0.0944. The Labute approximate surface area is 134 Å². The molecule has 1 saturated heterocycles. The molecule has 0 radical (unpaired) electrons. The number of carbonyl (C=O) groups excluding carboxylic acids is 1. The molecule has 1 aromatic rings. The molecule has 1 aromatic carbocycles. The molecule has 0 aliphatic carbocycles. The lowest BCUT2D eigenvalue weighted by Gasteiger charge is -2.33. The Morgan fingerprint density at radius 2 is 1.83 bits per heavy atom. The fraction of sp³-hybridized carbons (Fsp3) is 0.500. The van der Waals surface area contributed by atoms with E-state index in [4.69, 9.17) is 0 Å². The summed E-state index contributed by atoms with van der Waals surface area (Å²) in [5.41, 5.74) is 0.0609. The van der Waals surface area contributed by atoms with Gasteiger partial charge in [-0.05, 0) is 18.2 Å². The largest absolute Gasteiger partial charge is 0.351 e. The van der Waals surface area contributed by atoms with Crippen molar-refractivity contribution in [1.29, 1.82) is 0 Å². The number of benzene rings is 1. The van der Waals surface area contributed by atoms with Crippen molar-refractivity contribution in [2.45, 2.75) is 0 Å². The van der Waals surface area contributed by atoms with Crippen LogP contribution in [-0.2, 0) is 10.0 Å². The first-order chi connectivity index (χ1) is 10.8. The van der Waals surface area contributed by atoms with Crippen molar-refractivity contribution in [1.82, 2.24) is 14.5 Å². The van der Waals surface area contributed by atoms with Gasteiger partial charge < -0.3 is 5.32 Å². The van der Waals surface area contributed by atoms with E-state index < -0.39 is 27.6 Å². The molecular formula is C14H19F2N3O3S. The Balaban J connectivity index is 1.75. The standard InChI is InChI=1S/C14H19F2N3O3S/c1-23(21,22)19-8-6-18(7-9-19)5-4-17-14(20)11-2-3-12(15)13(16)10-11/h2-3,10H,4-9H2,1H3,(H,17,20). The number of halogens is 2. The average molecular weight is 347 g/mol. The Bertz CT molecular complexity index is 674. The van der Waals surface area contributed by atoms with Gasteiger partial charge in [0.05, 0.1) is 6.26 Å². The summed E-state index contributed by atoms with van der Waals surface area (Å²) in [7, 11) is -3.16. The number of amides is 1. The van der Waals surface area contributed by atoms with Crippen LogP contribution in [0.4, 0.5) is 8.78 Å². The van der Waals surface area contributed by atoms with Gasteiger partial charge in [-0.25, -0.2) is 17.2 Å². The van der Waals surface area contributed by atoms with Crippen LogP contribution in [-0.4, -0.2) is 69.1 Å². The number of nitrogens with one attached hydrogen (secondary N) is 1. The molecule has 0 atom stereocenters. The smallest absolute Gasteiger partial charge is 0.251 e. The molecule has 0 aromatic heterocycles. The minimum Gasteiger partial charge on any atom is -0.351 e. The maximum absolute atomic E-state index is 13.1. The van der Waals surface area contributed by atoms with Gasteiger partial charge in [-0.3, -0.25) is 9.69 Å². The normalized spacial score (nSPS) is 17.2. The molecule has 0 spiro atoms. The van der Waals surface area contributed by atoms with E-state index in [0.29, 0.717) is 39.3 Å². The number of rotatable bonds is 5. The monoisotopic (exact) mass is 347 g/mol. The zero-order chi connectivity index (χ0) is 17.0. The quantitative estimate of drug-likeness (QED) is 0.830. The lowest BCUT2D eigenvalue weighted by Crippen LogP contribution is -2.49. The van der Waals surface area contributed by atoms with Crippen LogP contribution in [0.1, 0.15) is 10.4 Å². The van der Waals surface area contributed by atoms with E-state index in [1.54, 1.807) is 0 Å². The SMILES string of the molecule is CS(=O)(=O)N1CCN(CCNC(=O)c2ccc(F)c(F)c2)CC1. The van der Waals surface area contributed by atoms with E-state index in [9.17, 15) is 22.0 Å². The van der Waals surface area contributed by atoms with Gasteiger partial charge in [-0.1, -0.05) is 0 Å². The Morgan fingerprint density at radius 3 is 2.39 bits per heavy atom. The van der Waals surface area contributed by atoms with Gasteiger partial charge >= 0.3 is 0 Å². The maximum atomic E-state index is 13.1. The summed E-state index contributed by atoms with van der Waals surface area (Å²) >= 11 is 0. The lowest BCUT2D eigenvalue weighted by atomic mass is 10.2. The van der Waals surface area contributed by atoms with Crippen LogP contribution in [0.3, 0.4) is 0 Å². The average Bonchev–Trinajstić information content (AvgIpc) is 2.49. The molecule has 6 nitrogen and oxygen atoms in total. The Hall–Kier alpha value is -1.58. The molecular weight excluding hydrogens is 328 g/mol. The van der Waals surface area contributed by atoms with Gasteiger partial charge in [0, 0.05) is 44.8 Å². The summed E-state index contributed by atoms with van der Waals surface area (Å²) in [5.74, 6) is -2.53. The van der Waals surface area contributed by atoms with Crippen LogP contribution in [0.2, 0.25) is 0 Å². The summed E-state index contributed by atoms with van der Waals surface area (Å²) in [4.78, 5) is 13.9. The summed E-state index contributed by atoms with van der Waals surface area (Å²) in [6.07, 6.45) is 1.19. The number of sulfonamides is 1. The summed E-state index contributed by atoms with van der Waals surface area (Å²) < 4.78 is 50.1. The molecule has 1 fully saturated rings. The van der Waals surface area contributed by atoms with E-state index in [1.165, 1.54) is 16.6 Å². The molecule has 0 saturated carbocycles. The predicted molar refractivity (Wildman–Crippen MR) is 81.5 cm³/mol. The first kappa shape index (κ1) is 17.8. The molecule has 1 heterocycles. The van der Waals surface area contributed by atoms with Crippen molar-refractivity contribution in [3.63, 3.8) is 0 Å². The van der Waals surface area contributed by atoms with Gasteiger partial charge in [0.25, 0.3) is 5.91 Å². The zero-order valence-corrected chi connectivity index (χ0v) is 13.6. The molecule has 9 heteroatoms. The number of carbonyl (C=O) groups is 1. The molecule has 0 bridgehead atoms. The number of hydrogen-bond acceptors (Lipinski definition) is 4. The second kappa shape index (κ2) is 7.33. The van der Waals surface area contributed by atoms with Crippen molar-refractivity contribution in [3.05, 3.63) is 35.4 Å². The van der Waals surface area contributed by atoms with Crippen LogP contribution in [0.5, 0.6) is 0 Å². The molecule has 1 aliphatic heterocycles. The van der Waals surface area contributed by atoms with Gasteiger partial charge in [-0.15, -0.1) is 0 Å². The van der Waals surface area contributed by atoms with Gasteiger partial charge in [0.15, 0.2) is 11.6 Å². The third-order valence-corrected chi connectivity index (χ3v) is 5.00. The fourth-order valence-electron chi connectivity index (χ4n) is 2.35. The van der Waals surface area contributed by atoms with Crippen LogP contribution in [0.15, 0.2) is 18.2 Å². The first-order valence-electron chi connectivity index (χ1n) is 7.18. The van der Waals surface area contributed by atoms with Crippen molar-refractivity contribution in [2.24, 2.45) is 0 Å². The van der Waals surface area contributed by atoms with Gasteiger partial charge in [-0.2, -0.15) is 4.31 Å². The Morgan fingerprint density at radius 1 is 1.17 bits per heavy atom. The molecule has 1 aliphatic rings. The van der Waals surface area contributed by atoms with Crippen LogP contribution in [0, 0.1) is 11.6 Å². The van der Waals surface area contributed by atoms with Crippen molar-refractivity contribution >= 4 is 15.9 Å². The highest BCUT2D eigenvalue weighted by atomic mass is 32.2. The van der Waals surface area contributed by atoms with Crippen molar-refractivity contribution in [3.8, 4) is 0 Å². The molecule has 2 rings (SSSR count). The predicted octanol–water partition coefficient (Wildman–Crippen LogP) is 0.272. The number of nitrogens with zero attached hydrogens (tertiary/aromatic N) is 2. The van der Waals surface area contributed by atoms with E-state index in [2.05, 4.69) is 5.32 Å². The molecule has 1 N–H and O–H groups in total. The molecule has 0 unspecified atom stereocenters. The highest BCUT2D eigenvalue weighted by molar-refractivity contribution is 7.88. The second-order valence-electron chi connectivity index (χ2n) is 5.39. The summed E-state index contributed by atoms with van der Waals surface area (Å²) in [6, 6.07) is 2.99. The molecule has 23 heavy (non-hydrogen) atoms. The van der Waals surface area contributed by atoms with Crippen molar-refractivity contribution < 1.29 is 22.0 Å². The fourth-order valence-corrected chi connectivity index (χ4v) is 3.18. The highest BCUT2D eigenvalue weighted by Crippen LogP contribution is 2.09. The zero-order valence-electron chi connectivity index (χ0n) is 12.8. The van der Waals surface area contributed by atoms with Crippen LogP contribution in [0.25, 0.3) is 0 Å². The number of piperazine rings is 1. The van der Waals surface area contributed by atoms with Gasteiger partial charge in [0.1, 0.15) is 0 Å². The first-order valence-corrected chi connectivity index (χ1v) is 9.03. The van der Waals surface area contributed by atoms with E-state index in [-0.39, 0.29) is 5.56 Å². The van der Waals surface area contributed by atoms with Gasteiger partial charge in [0.2, 0.25) is 10.0 Å². The van der Waals surface area contributed by atoms with Crippen LogP contribution >= 0.6 is 0 Å².